The highest BCUT2D eigenvalue weighted by Gasteiger charge is 2.21. The molecule has 25 heavy (non-hydrogen) atoms. The van der Waals surface area contributed by atoms with Crippen molar-refractivity contribution in [2.24, 2.45) is 0 Å². The Morgan fingerprint density at radius 3 is 2.72 bits per heavy atom. The van der Waals surface area contributed by atoms with E-state index in [9.17, 15) is 10.2 Å². The maximum absolute atomic E-state index is 9.73. The molecule has 2 aromatic carbocycles. The van der Waals surface area contributed by atoms with Crippen molar-refractivity contribution in [2.75, 3.05) is 12.5 Å². The summed E-state index contributed by atoms with van der Waals surface area (Å²) in [6.45, 7) is 0. The molecule has 0 unspecified atom stereocenters. The number of thioether (sulfide) groups is 1. The molecule has 1 aliphatic rings. The lowest BCUT2D eigenvalue weighted by atomic mass is 10.1. The third-order valence-electron chi connectivity index (χ3n) is 3.78. The molecular weight excluding hydrogens is 340 g/mol. The maximum atomic E-state index is 9.73. The zero-order valence-corrected chi connectivity index (χ0v) is 14.0. The quantitative estimate of drug-likeness (QED) is 0.623. The Labute approximate surface area is 147 Å². The number of ether oxygens (including phenoxy) is 1. The van der Waals surface area contributed by atoms with Crippen molar-refractivity contribution in [3.8, 4) is 28.6 Å². The highest BCUT2D eigenvalue weighted by atomic mass is 32.2. The lowest BCUT2D eigenvalue weighted by Gasteiger charge is -2.19. The highest BCUT2D eigenvalue weighted by Crippen LogP contribution is 2.36. The van der Waals surface area contributed by atoms with Crippen molar-refractivity contribution in [1.29, 1.82) is 0 Å². The summed E-state index contributed by atoms with van der Waals surface area (Å²) in [6, 6.07) is 12.2. The Balaban J connectivity index is 1.73. The molecule has 7 nitrogen and oxygen atoms in total. The van der Waals surface area contributed by atoms with Crippen LogP contribution in [0.3, 0.4) is 0 Å². The fourth-order valence-corrected chi connectivity index (χ4v) is 3.27. The fraction of sp³-hybridized carbons (Fsp3) is 0.0588. The van der Waals surface area contributed by atoms with E-state index >= 15 is 0 Å². The van der Waals surface area contributed by atoms with Gasteiger partial charge in [0.05, 0.1) is 18.4 Å². The van der Waals surface area contributed by atoms with Gasteiger partial charge in [0.25, 0.3) is 0 Å². The normalized spacial score (nSPS) is 12.9. The van der Waals surface area contributed by atoms with Gasteiger partial charge in [-0.15, -0.1) is 10.2 Å². The lowest BCUT2D eigenvalue weighted by Crippen LogP contribution is -2.18. The summed E-state index contributed by atoms with van der Waals surface area (Å²) in [5.41, 5.74) is 5.54. The highest BCUT2D eigenvalue weighted by molar-refractivity contribution is 8.02. The molecule has 0 amide bonds. The van der Waals surface area contributed by atoms with Crippen LogP contribution in [0.5, 0.6) is 17.2 Å². The first-order chi connectivity index (χ1) is 12.2. The number of nitrogens with one attached hydrogen (secondary N) is 1. The second-order valence-electron chi connectivity index (χ2n) is 5.31. The molecule has 0 aliphatic carbocycles. The summed E-state index contributed by atoms with van der Waals surface area (Å²) in [6.07, 6.45) is 0. The molecular formula is C17H14N4O3S. The van der Waals surface area contributed by atoms with Gasteiger partial charge in [-0.1, -0.05) is 23.9 Å². The van der Waals surface area contributed by atoms with Crippen molar-refractivity contribution in [2.45, 2.75) is 5.16 Å². The molecule has 4 rings (SSSR count). The molecule has 0 saturated heterocycles. The summed E-state index contributed by atoms with van der Waals surface area (Å²) in [5.74, 6) is 0.980. The van der Waals surface area contributed by atoms with Gasteiger partial charge < -0.3 is 14.9 Å². The molecule has 0 atom stereocenters. The van der Waals surface area contributed by atoms with Gasteiger partial charge in [0.2, 0.25) is 5.16 Å². The number of aromatic nitrogens is 3. The molecule has 0 saturated carbocycles. The number of phenols is 2. The van der Waals surface area contributed by atoms with Gasteiger partial charge in [-0.3, -0.25) is 5.43 Å². The molecule has 0 bridgehead atoms. The lowest BCUT2D eigenvalue weighted by molar-refractivity contribution is 0.403. The predicted octanol–water partition coefficient (Wildman–Crippen LogP) is 3.01. The average molecular weight is 354 g/mol. The molecule has 3 aromatic rings. The molecule has 0 fully saturated rings. The van der Waals surface area contributed by atoms with Crippen molar-refractivity contribution >= 4 is 17.5 Å². The van der Waals surface area contributed by atoms with Crippen LogP contribution in [0.25, 0.3) is 17.1 Å². The van der Waals surface area contributed by atoms with Crippen LogP contribution in [0.1, 0.15) is 5.56 Å². The van der Waals surface area contributed by atoms with Crippen LogP contribution in [0.4, 0.5) is 0 Å². The first-order valence-corrected chi connectivity index (χ1v) is 8.30. The summed E-state index contributed by atoms with van der Waals surface area (Å²) in [4.78, 5) is 0. The minimum atomic E-state index is -0.176. The summed E-state index contributed by atoms with van der Waals surface area (Å²) in [5, 5.41) is 30.2. The van der Waals surface area contributed by atoms with E-state index in [4.69, 9.17) is 4.74 Å². The minimum Gasteiger partial charge on any atom is -0.504 e. The van der Waals surface area contributed by atoms with Gasteiger partial charge >= 0.3 is 0 Å². The predicted molar refractivity (Wildman–Crippen MR) is 95.0 cm³/mol. The summed E-state index contributed by atoms with van der Waals surface area (Å²) < 4.78 is 7.18. The largest absolute Gasteiger partial charge is 0.504 e. The molecule has 8 heteroatoms. The monoisotopic (exact) mass is 354 g/mol. The van der Waals surface area contributed by atoms with Crippen molar-refractivity contribution < 1.29 is 14.9 Å². The molecule has 126 valence electrons. The average Bonchev–Trinajstić information content (AvgIpc) is 3.07. The summed E-state index contributed by atoms with van der Waals surface area (Å²) >= 11 is 1.41. The van der Waals surface area contributed by atoms with E-state index in [2.05, 4.69) is 15.6 Å². The number of hydrogen-bond acceptors (Lipinski definition) is 7. The number of benzene rings is 2. The molecule has 1 aromatic heterocycles. The number of fused-ring (bicyclic) bond motifs is 1. The third-order valence-corrected chi connectivity index (χ3v) is 4.61. The number of para-hydroxylation sites is 1. The van der Waals surface area contributed by atoms with Crippen LogP contribution < -0.4 is 10.2 Å². The second-order valence-corrected chi connectivity index (χ2v) is 6.14. The van der Waals surface area contributed by atoms with Gasteiger partial charge in [-0.2, -0.15) is 0 Å². The molecule has 0 spiro atoms. The van der Waals surface area contributed by atoms with E-state index in [0.717, 1.165) is 16.8 Å². The Hall–Kier alpha value is -3.13. The molecule has 2 heterocycles. The zero-order chi connectivity index (χ0) is 17.4. The molecule has 0 radical (unpaired) electrons. The number of aromatic hydroxyl groups is 2. The van der Waals surface area contributed by atoms with Crippen LogP contribution in [0.15, 0.2) is 53.0 Å². The second kappa shape index (κ2) is 6.06. The van der Waals surface area contributed by atoms with Crippen LogP contribution in [0.2, 0.25) is 0 Å². The SMILES string of the molecule is COc1ccccc1-c1nnc2n1NC(c1ccc(O)c(O)c1)=CS2. The van der Waals surface area contributed by atoms with Crippen LogP contribution in [-0.2, 0) is 0 Å². The number of rotatable bonds is 3. The Morgan fingerprint density at radius 2 is 1.92 bits per heavy atom. The maximum Gasteiger partial charge on any atom is 0.214 e. The van der Waals surface area contributed by atoms with E-state index in [1.165, 1.54) is 23.9 Å². The Morgan fingerprint density at radius 1 is 1.08 bits per heavy atom. The van der Waals surface area contributed by atoms with Gasteiger partial charge in [0.15, 0.2) is 17.3 Å². The zero-order valence-electron chi connectivity index (χ0n) is 13.2. The summed E-state index contributed by atoms with van der Waals surface area (Å²) in [7, 11) is 1.61. The van der Waals surface area contributed by atoms with E-state index < -0.39 is 0 Å². The van der Waals surface area contributed by atoms with Crippen LogP contribution in [-0.4, -0.2) is 32.2 Å². The van der Waals surface area contributed by atoms with Crippen LogP contribution >= 0.6 is 11.8 Å². The first-order valence-electron chi connectivity index (χ1n) is 7.42. The smallest absolute Gasteiger partial charge is 0.214 e. The van der Waals surface area contributed by atoms with E-state index in [1.54, 1.807) is 17.9 Å². The van der Waals surface area contributed by atoms with Crippen molar-refractivity contribution in [3.63, 3.8) is 0 Å². The van der Waals surface area contributed by atoms with Gasteiger partial charge in [0, 0.05) is 11.0 Å². The first kappa shape index (κ1) is 15.4. The standard InChI is InChI=1S/C17H14N4O3S/c1-24-15-5-3-2-4-11(15)16-18-19-17-21(16)20-12(9-25-17)10-6-7-13(22)14(23)8-10/h2-9,20,22-23H,1H3. The van der Waals surface area contributed by atoms with Gasteiger partial charge in [-0.05, 0) is 30.3 Å². The number of methoxy groups -OCH3 is 1. The van der Waals surface area contributed by atoms with Crippen molar-refractivity contribution in [3.05, 3.63) is 53.4 Å². The number of hydrogen-bond donors (Lipinski definition) is 3. The third kappa shape index (κ3) is 2.66. The van der Waals surface area contributed by atoms with Crippen LogP contribution in [0, 0.1) is 0 Å². The minimum absolute atomic E-state index is 0.160. The van der Waals surface area contributed by atoms with Crippen molar-refractivity contribution in [1.82, 2.24) is 14.9 Å². The van der Waals surface area contributed by atoms with E-state index in [1.807, 2.05) is 29.7 Å². The number of nitrogens with zero attached hydrogens (tertiary/aromatic N) is 3. The molecule has 3 N–H and O–H groups in total. The fourth-order valence-electron chi connectivity index (χ4n) is 2.53. The van der Waals surface area contributed by atoms with Gasteiger partial charge in [0.1, 0.15) is 5.75 Å². The Bertz CT molecular complexity index is 984. The Kier molecular flexibility index (Phi) is 3.73. The molecule has 1 aliphatic heterocycles. The van der Waals surface area contributed by atoms with E-state index in [0.29, 0.717) is 16.7 Å². The topological polar surface area (TPSA) is 92.4 Å². The van der Waals surface area contributed by atoms with E-state index in [-0.39, 0.29) is 11.5 Å². The van der Waals surface area contributed by atoms with Gasteiger partial charge in [-0.25, -0.2) is 4.68 Å². The number of phenolic OH excluding ortho intramolecular Hbond substituents is 2.